The number of pyridine rings is 1. The summed E-state index contributed by atoms with van der Waals surface area (Å²) < 4.78 is 50.8. The molecule has 1 N–H and O–H groups in total. The first-order valence-corrected chi connectivity index (χ1v) is 13.1. The van der Waals surface area contributed by atoms with E-state index in [1.54, 1.807) is 24.5 Å². The fraction of sp³-hybridized carbons (Fsp3) is 0.345. The van der Waals surface area contributed by atoms with E-state index >= 15 is 0 Å². The molecule has 40 heavy (non-hydrogen) atoms. The third kappa shape index (κ3) is 6.60. The van der Waals surface area contributed by atoms with E-state index in [-0.39, 0.29) is 11.5 Å². The van der Waals surface area contributed by atoms with Gasteiger partial charge in [-0.2, -0.15) is 18.3 Å². The Morgan fingerprint density at radius 1 is 1.15 bits per heavy atom. The van der Waals surface area contributed by atoms with E-state index in [0.29, 0.717) is 18.8 Å². The zero-order chi connectivity index (χ0) is 28.1. The monoisotopic (exact) mass is 553 g/mol. The largest absolute Gasteiger partial charge is 0.492 e. The number of benzene rings is 2. The van der Waals surface area contributed by atoms with Gasteiger partial charge in [-0.15, -0.1) is 0 Å². The van der Waals surface area contributed by atoms with Gasteiger partial charge in [-0.25, -0.2) is 0 Å². The number of hydrogen-bond acceptors (Lipinski definition) is 7. The number of hydrazone groups is 1. The highest BCUT2D eigenvalue weighted by atomic mass is 19.4. The maximum Gasteiger partial charge on any atom is 0.416 e. The molecule has 8 nitrogen and oxygen atoms in total. The van der Waals surface area contributed by atoms with Crippen molar-refractivity contribution in [3.63, 3.8) is 0 Å². The molecule has 210 valence electrons. The van der Waals surface area contributed by atoms with Crippen LogP contribution in [-0.2, 0) is 10.9 Å². The molecule has 2 aliphatic heterocycles. The second kappa shape index (κ2) is 12.1. The summed E-state index contributed by atoms with van der Waals surface area (Å²) in [6, 6.07) is 11.5. The van der Waals surface area contributed by atoms with Gasteiger partial charge in [0.05, 0.1) is 31.0 Å². The van der Waals surface area contributed by atoms with Crippen LogP contribution in [0.25, 0.3) is 0 Å². The number of carbonyl (C=O) groups excluding carboxylic acids is 1. The number of nitrogens with zero attached hydrogens (tertiary/aromatic N) is 4. The van der Waals surface area contributed by atoms with Crippen LogP contribution >= 0.6 is 0 Å². The van der Waals surface area contributed by atoms with Gasteiger partial charge in [0, 0.05) is 61.0 Å². The summed E-state index contributed by atoms with van der Waals surface area (Å²) in [7, 11) is 0. The number of morpholine rings is 1. The van der Waals surface area contributed by atoms with Gasteiger partial charge in [0.25, 0.3) is 5.91 Å². The van der Waals surface area contributed by atoms with Crippen LogP contribution in [0, 0.1) is 6.92 Å². The molecular weight excluding hydrogens is 523 g/mol. The average molecular weight is 554 g/mol. The molecule has 0 radical (unpaired) electrons. The number of rotatable bonds is 8. The fourth-order valence-corrected chi connectivity index (χ4v) is 4.70. The van der Waals surface area contributed by atoms with Crippen molar-refractivity contribution in [2.24, 2.45) is 5.10 Å². The molecule has 1 saturated heterocycles. The lowest BCUT2D eigenvalue weighted by Crippen LogP contribution is -2.38. The Labute approximate surface area is 230 Å². The Bertz CT molecular complexity index is 1380. The molecule has 0 aliphatic carbocycles. The molecule has 2 aromatic carbocycles. The molecule has 1 unspecified atom stereocenters. The van der Waals surface area contributed by atoms with Crippen LogP contribution in [0.2, 0.25) is 0 Å². The maximum absolute atomic E-state index is 13.1. The molecule has 11 heteroatoms. The highest BCUT2D eigenvalue weighted by molar-refractivity contribution is 6.04. The van der Waals surface area contributed by atoms with Crippen LogP contribution in [0.5, 0.6) is 5.75 Å². The van der Waals surface area contributed by atoms with Crippen molar-refractivity contribution in [2.45, 2.75) is 19.0 Å². The molecule has 0 spiro atoms. The maximum atomic E-state index is 13.1. The van der Waals surface area contributed by atoms with E-state index in [1.165, 1.54) is 12.1 Å². The van der Waals surface area contributed by atoms with Crippen molar-refractivity contribution in [3.05, 3.63) is 83.2 Å². The van der Waals surface area contributed by atoms with Crippen LogP contribution < -0.4 is 15.1 Å². The summed E-state index contributed by atoms with van der Waals surface area (Å²) in [5.74, 6) is 0.0770. The van der Waals surface area contributed by atoms with Crippen molar-refractivity contribution < 1.29 is 27.4 Å². The molecule has 1 fully saturated rings. The second-order valence-corrected chi connectivity index (χ2v) is 9.70. The molecular formula is C29H30F3N5O3. The predicted octanol–water partition coefficient (Wildman–Crippen LogP) is 4.96. The summed E-state index contributed by atoms with van der Waals surface area (Å²) in [6.45, 7) is 7.11. The molecule has 2 aliphatic rings. The minimum absolute atomic E-state index is 0.0603. The van der Waals surface area contributed by atoms with Crippen molar-refractivity contribution in [1.29, 1.82) is 0 Å². The van der Waals surface area contributed by atoms with Gasteiger partial charge in [-0.1, -0.05) is 12.1 Å². The van der Waals surface area contributed by atoms with Crippen LogP contribution in [0.4, 0.5) is 24.5 Å². The minimum Gasteiger partial charge on any atom is -0.492 e. The highest BCUT2D eigenvalue weighted by Gasteiger charge is 2.31. The zero-order valence-electron chi connectivity index (χ0n) is 22.0. The van der Waals surface area contributed by atoms with E-state index in [1.807, 2.05) is 30.3 Å². The Morgan fingerprint density at radius 3 is 2.77 bits per heavy atom. The Kier molecular flexibility index (Phi) is 8.32. The number of ether oxygens (including phenoxy) is 2. The minimum atomic E-state index is -4.53. The molecule has 1 atom stereocenters. The standard InChI is InChI=1S/C29H30F3N5O3/c1-20-5-6-24(35-28(38)21-3-2-4-23(15-21)29(30,31)32)16-26(20)37-19-22(17-34-37)25-18-33-8-7-27(25)40-14-11-36-9-12-39-13-10-36/h2-8,15-18,22H,9-14,19H2,1H3,(H,35,38). The summed E-state index contributed by atoms with van der Waals surface area (Å²) >= 11 is 0. The van der Waals surface area contributed by atoms with Crippen LogP contribution in [-0.4, -0.2) is 68.0 Å². The Hall–Kier alpha value is -3.96. The number of hydrogen-bond donors (Lipinski definition) is 1. The van der Waals surface area contributed by atoms with Gasteiger partial charge in [-0.3, -0.25) is 19.7 Å². The van der Waals surface area contributed by atoms with Gasteiger partial charge in [0.2, 0.25) is 0 Å². The van der Waals surface area contributed by atoms with Crippen LogP contribution in [0.3, 0.4) is 0 Å². The Balaban J connectivity index is 1.24. The number of amides is 1. The van der Waals surface area contributed by atoms with Crippen molar-refractivity contribution in [3.8, 4) is 5.75 Å². The quantitative estimate of drug-likeness (QED) is 0.425. The normalized spacial score (nSPS) is 17.7. The van der Waals surface area contributed by atoms with Crippen LogP contribution in [0.15, 0.2) is 66.0 Å². The smallest absolute Gasteiger partial charge is 0.416 e. The van der Waals surface area contributed by atoms with Crippen LogP contribution in [0.1, 0.15) is 33.0 Å². The molecule has 1 aromatic heterocycles. The number of nitrogens with one attached hydrogen (secondary N) is 1. The lowest BCUT2D eigenvalue weighted by atomic mass is 10.0. The molecule has 5 rings (SSSR count). The van der Waals surface area contributed by atoms with E-state index in [0.717, 1.165) is 67.5 Å². The van der Waals surface area contributed by atoms with Gasteiger partial charge >= 0.3 is 6.18 Å². The molecule has 0 bridgehead atoms. The lowest BCUT2D eigenvalue weighted by molar-refractivity contribution is -0.137. The third-order valence-electron chi connectivity index (χ3n) is 6.93. The number of carbonyl (C=O) groups is 1. The van der Waals surface area contributed by atoms with Gasteiger partial charge < -0.3 is 14.8 Å². The first-order chi connectivity index (χ1) is 19.3. The SMILES string of the molecule is Cc1ccc(NC(=O)c2cccc(C(F)(F)F)c2)cc1N1CC(c2cnccc2OCCN2CCOCC2)C=N1. The second-order valence-electron chi connectivity index (χ2n) is 9.70. The highest BCUT2D eigenvalue weighted by Crippen LogP contribution is 2.34. The molecule has 1 amide bonds. The van der Waals surface area contributed by atoms with E-state index in [2.05, 4.69) is 20.3 Å². The van der Waals surface area contributed by atoms with Gasteiger partial charge in [0.15, 0.2) is 0 Å². The first kappa shape index (κ1) is 27.6. The van der Waals surface area contributed by atoms with Gasteiger partial charge in [-0.05, 0) is 48.9 Å². The van der Waals surface area contributed by atoms with Crippen molar-refractivity contribution >= 4 is 23.5 Å². The molecule has 3 aromatic rings. The Morgan fingerprint density at radius 2 is 1.98 bits per heavy atom. The number of halogens is 3. The molecule has 3 heterocycles. The summed E-state index contributed by atoms with van der Waals surface area (Å²) in [5, 5.41) is 9.14. The predicted molar refractivity (Wildman–Crippen MR) is 146 cm³/mol. The number of alkyl halides is 3. The van der Waals surface area contributed by atoms with E-state index in [9.17, 15) is 18.0 Å². The van der Waals surface area contributed by atoms with Crippen molar-refractivity contribution in [2.75, 3.05) is 56.3 Å². The summed E-state index contributed by atoms with van der Waals surface area (Å²) in [4.78, 5) is 19.3. The zero-order valence-corrected chi connectivity index (χ0v) is 22.0. The number of anilines is 2. The van der Waals surface area contributed by atoms with Crippen molar-refractivity contribution in [1.82, 2.24) is 9.88 Å². The van der Waals surface area contributed by atoms with Gasteiger partial charge in [0.1, 0.15) is 12.4 Å². The number of aryl methyl sites for hydroxylation is 1. The topological polar surface area (TPSA) is 79.3 Å². The number of aromatic nitrogens is 1. The summed E-state index contributed by atoms with van der Waals surface area (Å²) in [6.07, 6.45) is 0.819. The lowest BCUT2D eigenvalue weighted by Gasteiger charge is -2.26. The molecule has 0 saturated carbocycles. The average Bonchev–Trinajstić information content (AvgIpc) is 3.44. The summed E-state index contributed by atoms with van der Waals surface area (Å²) in [5.41, 5.74) is 2.15. The fourth-order valence-electron chi connectivity index (χ4n) is 4.70. The van der Waals surface area contributed by atoms with E-state index in [4.69, 9.17) is 9.47 Å². The third-order valence-corrected chi connectivity index (χ3v) is 6.93. The van der Waals surface area contributed by atoms with E-state index < -0.39 is 17.6 Å². The first-order valence-electron chi connectivity index (χ1n) is 13.1.